The van der Waals surface area contributed by atoms with Gasteiger partial charge in [-0.1, -0.05) is 25.1 Å². The smallest absolute Gasteiger partial charge is 0.127 e. The second kappa shape index (κ2) is 9.64. The molecular weight excluding hydrogens is 255 g/mol. The van der Waals surface area contributed by atoms with E-state index in [9.17, 15) is 4.39 Å². The fourth-order valence-electron chi connectivity index (χ4n) is 2.07. The summed E-state index contributed by atoms with van der Waals surface area (Å²) < 4.78 is 13.9. The highest BCUT2D eigenvalue weighted by atomic mass is 19.1. The molecule has 4 heteroatoms. The minimum Gasteiger partial charge on any atom is -0.395 e. The molecule has 0 radical (unpaired) electrons. The monoisotopic (exact) mass is 280 g/mol. The van der Waals surface area contributed by atoms with Crippen LogP contribution in [0.4, 0.5) is 4.39 Å². The fraction of sp³-hybridized carbons (Fsp3) is 0.500. The van der Waals surface area contributed by atoms with Gasteiger partial charge in [0.05, 0.1) is 6.61 Å². The topological polar surface area (TPSA) is 35.5 Å². The van der Waals surface area contributed by atoms with Crippen LogP contribution in [0.15, 0.2) is 30.9 Å². The van der Waals surface area contributed by atoms with E-state index in [0.29, 0.717) is 25.2 Å². The van der Waals surface area contributed by atoms with Gasteiger partial charge in [0.25, 0.3) is 0 Å². The van der Waals surface area contributed by atoms with Gasteiger partial charge in [0.2, 0.25) is 0 Å². The van der Waals surface area contributed by atoms with E-state index in [1.165, 1.54) is 6.07 Å². The summed E-state index contributed by atoms with van der Waals surface area (Å²) in [6, 6.07) is 5.22. The van der Waals surface area contributed by atoms with E-state index in [2.05, 4.69) is 18.8 Å². The quantitative estimate of drug-likeness (QED) is 0.510. The summed E-state index contributed by atoms with van der Waals surface area (Å²) in [5.41, 5.74) is 1.74. The lowest BCUT2D eigenvalue weighted by atomic mass is 10.1. The third-order valence-corrected chi connectivity index (χ3v) is 3.06. The average Bonchev–Trinajstić information content (AvgIpc) is 2.43. The van der Waals surface area contributed by atoms with Crippen molar-refractivity contribution in [1.82, 2.24) is 10.2 Å². The Morgan fingerprint density at radius 1 is 1.45 bits per heavy atom. The summed E-state index contributed by atoms with van der Waals surface area (Å²) in [6.07, 6.45) is 2.85. The van der Waals surface area contributed by atoms with Gasteiger partial charge in [-0.25, -0.2) is 4.39 Å². The Morgan fingerprint density at radius 3 is 2.90 bits per heavy atom. The number of aliphatic hydroxyl groups excluding tert-OH is 1. The van der Waals surface area contributed by atoms with Crippen LogP contribution in [0.2, 0.25) is 0 Å². The lowest BCUT2D eigenvalue weighted by molar-refractivity contribution is 0.202. The van der Waals surface area contributed by atoms with Crippen molar-refractivity contribution in [2.45, 2.75) is 26.4 Å². The number of hydrogen-bond acceptors (Lipinski definition) is 3. The fourth-order valence-corrected chi connectivity index (χ4v) is 2.07. The molecule has 0 aliphatic heterocycles. The van der Waals surface area contributed by atoms with Crippen molar-refractivity contribution in [1.29, 1.82) is 0 Å². The molecule has 0 aliphatic rings. The standard InChI is InChI=1S/C16H25FN2O/c1-3-7-18-12-14-5-6-16(17)15(11-14)13-19(8-4-2)9-10-20/h4-6,11,18,20H,2-3,7-10,12-13H2,1H3. The minimum absolute atomic E-state index is 0.0627. The molecule has 0 heterocycles. The Morgan fingerprint density at radius 2 is 2.25 bits per heavy atom. The Labute approximate surface area is 121 Å². The molecule has 3 nitrogen and oxygen atoms in total. The molecule has 20 heavy (non-hydrogen) atoms. The molecule has 0 amide bonds. The van der Waals surface area contributed by atoms with Crippen molar-refractivity contribution >= 4 is 0 Å². The molecule has 112 valence electrons. The van der Waals surface area contributed by atoms with E-state index >= 15 is 0 Å². The van der Waals surface area contributed by atoms with Gasteiger partial charge in [-0.15, -0.1) is 6.58 Å². The van der Waals surface area contributed by atoms with Crippen LogP contribution in [0.1, 0.15) is 24.5 Å². The van der Waals surface area contributed by atoms with Crippen molar-refractivity contribution in [3.8, 4) is 0 Å². The van der Waals surface area contributed by atoms with Crippen molar-refractivity contribution < 1.29 is 9.50 Å². The summed E-state index contributed by atoms with van der Waals surface area (Å²) in [4.78, 5) is 1.97. The second-order valence-corrected chi connectivity index (χ2v) is 4.85. The van der Waals surface area contributed by atoms with Gasteiger partial charge < -0.3 is 10.4 Å². The largest absolute Gasteiger partial charge is 0.395 e. The molecular formula is C16H25FN2O. The molecule has 0 aromatic heterocycles. The van der Waals surface area contributed by atoms with Gasteiger partial charge in [0.15, 0.2) is 0 Å². The van der Waals surface area contributed by atoms with Crippen LogP contribution in [-0.2, 0) is 13.1 Å². The van der Waals surface area contributed by atoms with E-state index in [1.54, 1.807) is 6.08 Å². The zero-order valence-corrected chi connectivity index (χ0v) is 12.2. The maximum Gasteiger partial charge on any atom is 0.127 e. The second-order valence-electron chi connectivity index (χ2n) is 4.85. The summed E-state index contributed by atoms with van der Waals surface area (Å²) >= 11 is 0. The third-order valence-electron chi connectivity index (χ3n) is 3.06. The van der Waals surface area contributed by atoms with Crippen LogP contribution in [0.25, 0.3) is 0 Å². The Bertz CT molecular complexity index is 409. The average molecular weight is 280 g/mol. The molecule has 0 saturated carbocycles. The van der Waals surface area contributed by atoms with E-state index in [0.717, 1.165) is 25.1 Å². The summed E-state index contributed by atoms with van der Waals surface area (Å²) in [5, 5.41) is 12.3. The highest BCUT2D eigenvalue weighted by Gasteiger charge is 2.09. The SMILES string of the molecule is C=CCN(CCO)Cc1cc(CNCCC)ccc1F. The predicted molar refractivity (Wildman–Crippen MR) is 81.0 cm³/mol. The Hall–Kier alpha value is -1.23. The maximum absolute atomic E-state index is 13.9. The molecule has 0 spiro atoms. The first kappa shape index (κ1) is 16.8. The molecule has 0 saturated heterocycles. The molecule has 0 atom stereocenters. The number of hydrogen-bond donors (Lipinski definition) is 2. The van der Waals surface area contributed by atoms with Gasteiger partial charge in [-0.3, -0.25) is 4.90 Å². The summed E-state index contributed by atoms with van der Waals surface area (Å²) in [6.45, 7) is 9.22. The van der Waals surface area contributed by atoms with Gasteiger partial charge in [0, 0.05) is 31.7 Å². The number of benzene rings is 1. The van der Waals surface area contributed by atoms with E-state index in [1.807, 2.05) is 17.0 Å². The Balaban J connectivity index is 2.71. The number of rotatable bonds is 10. The molecule has 1 aromatic carbocycles. The molecule has 0 unspecified atom stereocenters. The first-order valence-corrected chi connectivity index (χ1v) is 7.13. The number of halogens is 1. The van der Waals surface area contributed by atoms with Crippen LogP contribution >= 0.6 is 0 Å². The predicted octanol–water partition coefficient (Wildman–Crippen LogP) is 2.31. The number of nitrogens with zero attached hydrogens (tertiary/aromatic N) is 1. The lowest BCUT2D eigenvalue weighted by Crippen LogP contribution is -2.27. The summed E-state index contributed by atoms with van der Waals surface area (Å²) in [7, 11) is 0. The molecule has 0 fully saturated rings. The van der Waals surface area contributed by atoms with Crippen molar-refractivity contribution in [2.75, 3.05) is 26.2 Å². The first-order valence-electron chi connectivity index (χ1n) is 7.13. The van der Waals surface area contributed by atoms with Gasteiger partial charge >= 0.3 is 0 Å². The van der Waals surface area contributed by atoms with Gasteiger partial charge in [-0.05, 0) is 24.6 Å². The van der Waals surface area contributed by atoms with E-state index in [-0.39, 0.29) is 12.4 Å². The first-order chi connectivity index (χ1) is 9.71. The zero-order valence-electron chi connectivity index (χ0n) is 12.2. The van der Waals surface area contributed by atoms with Gasteiger partial charge in [-0.2, -0.15) is 0 Å². The van der Waals surface area contributed by atoms with Gasteiger partial charge in [0.1, 0.15) is 5.82 Å². The van der Waals surface area contributed by atoms with E-state index in [4.69, 9.17) is 5.11 Å². The van der Waals surface area contributed by atoms with Crippen LogP contribution < -0.4 is 5.32 Å². The van der Waals surface area contributed by atoms with Crippen LogP contribution in [-0.4, -0.2) is 36.2 Å². The van der Waals surface area contributed by atoms with Crippen molar-refractivity contribution in [3.05, 3.63) is 47.8 Å². The van der Waals surface area contributed by atoms with Crippen LogP contribution in [0.3, 0.4) is 0 Å². The highest BCUT2D eigenvalue weighted by molar-refractivity contribution is 5.25. The third kappa shape index (κ3) is 5.82. The number of aliphatic hydroxyl groups is 1. The minimum atomic E-state index is -0.198. The van der Waals surface area contributed by atoms with Crippen LogP contribution in [0.5, 0.6) is 0 Å². The summed E-state index contributed by atoms with van der Waals surface area (Å²) in [5.74, 6) is -0.198. The van der Waals surface area contributed by atoms with Crippen molar-refractivity contribution in [3.63, 3.8) is 0 Å². The zero-order chi connectivity index (χ0) is 14.8. The lowest BCUT2D eigenvalue weighted by Gasteiger charge is -2.20. The normalized spacial score (nSPS) is 11.0. The van der Waals surface area contributed by atoms with Crippen LogP contribution in [0, 0.1) is 5.82 Å². The molecule has 0 bridgehead atoms. The van der Waals surface area contributed by atoms with E-state index < -0.39 is 0 Å². The highest BCUT2D eigenvalue weighted by Crippen LogP contribution is 2.13. The molecule has 1 aromatic rings. The molecule has 2 N–H and O–H groups in total. The van der Waals surface area contributed by atoms with Crippen molar-refractivity contribution in [2.24, 2.45) is 0 Å². The number of nitrogens with one attached hydrogen (secondary N) is 1. The molecule has 0 aliphatic carbocycles. The Kier molecular flexibility index (Phi) is 8.11. The maximum atomic E-state index is 13.9. The molecule has 1 rings (SSSR count).